The van der Waals surface area contributed by atoms with E-state index in [2.05, 4.69) is 10.0 Å². The lowest BCUT2D eigenvalue weighted by atomic mass is 10.1. The van der Waals surface area contributed by atoms with E-state index in [4.69, 9.17) is 10.2 Å². The number of carbonyl (C=O) groups is 1. The predicted molar refractivity (Wildman–Crippen MR) is 103 cm³/mol. The molecule has 0 bridgehead atoms. The number of hydrogen-bond acceptors (Lipinski definition) is 5. The van der Waals surface area contributed by atoms with E-state index in [1.807, 2.05) is 0 Å². The molecule has 0 saturated carbocycles. The number of benzene rings is 1. The molecule has 0 aliphatic rings. The number of carbonyl (C=O) groups excluding carboxylic acids is 1. The van der Waals surface area contributed by atoms with Gasteiger partial charge in [0.25, 0.3) is 5.91 Å². The lowest BCUT2D eigenvalue weighted by Gasteiger charge is -2.21. The Morgan fingerprint density at radius 3 is 2.46 bits per heavy atom. The normalized spacial score (nSPS) is 11.7. The van der Waals surface area contributed by atoms with Crippen molar-refractivity contribution in [3.05, 3.63) is 47.4 Å². The number of anilines is 1. The van der Waals surface area contributed by atoms with Crippen LogP contribution in [0.3, 0.4) is 0 Å². The Bertz CT molecular complexity index is 886. The first-order chi connectivity index (χ1) is 11.5. The van der Waals surface area contributed by atoms with E-state index in [9.17, 15) is 13.2 Å². The third kappa shape index (κ3) is 5.31. The van der Waals surface area contributed by atoms with E-state index in [0.717, 1.165) is 0 Å². The highest BCUT2D eigenvalue weighted by atomic mass is 35.5. The van der Waals surface area contributed by atoms with Crippen molar-refractivity contribution < 1.29 is 17.6 Å². The molecule has 1 amide bonds. The van der Waals surface area contributed by atoms with E-state index in [-0.39, 0.29) is 23.8 Å². The van der Waals surface area contributed by atoms with Crippen molar-refractivity contribution in [3.63, 3.8) is 0 Å². The minimum absolute atomic E-state index is 0. The fourth-order valence-electron chi connectivity index (χ4n) is 2.30. The maximum atomic E-state index is 12.6. The molecule has 4 N–H and O–H groups in total. The number of hydrogen-bond donors (Lipinski definition) is 3. The highest BCUT2D eigenvalue weighted by Crippen LogP contribution is 2.24. The number of furan rings is 1. The smallest absolute Gasteiger partial charge is 0.258 e. The molecule has 0 radical (unpaired) electrons. The van der Waals surface area contributed by atoms with E-state index in [1.54, 1.807) is 45.9 Å². The molecule has 7 nitrogen and oxygen atoms in total. The van der Waals surface area contributed by atoms with Gasteiger partial charge in [-0.25, -0.2) is 13.1 Å². The number of sulfonamides is 1. The molecule has 0 atom stereocenters. The van der Waals surface area contributed by atoms with Crippen molar-refractivity contribution in [3.8, 4) is 0 Å². The second kappa shape index (κ2) is 8.22. The Hall–Kier alpha value is -1.87. The van der Waals surface area contributed by atoms with E-state index < -0.39 is 21.5 Å². The first-order valence-corrected chi connectivity index (χ1v) is 9.24. The Kier molecular flexibility index (Phi) is 7.01. The van der Waals surface area contributed by atoms with E-state index >= 15 is 0 Å². The zero-order valence-electron chi connectivity index (χ0n) is 15.1. The predicted octanol–water partition coefficient (Wildman–Crippen LogP) is 2.80. The van der Waals surface area contributed by atoms with Crippen molar-refractivity contribution in [1.82, 2.24) is 4.72 Å². The third-order valence-electron chi connectivity index (χ3n) is 3.38. The Morgan fingerprint density at radius 2 is 1.92 bits per heavy atom. The van der Waals surface area contributed by atoms with Crippen LogP contribution in [0.4, 0.5) is 5.69 Å². The lowest BCUT2D eigenvalue weighted by molar-refractivity contribution is 0.102. The number of nitrogens with one attached hydrogen (secondary N) is 2. The highest BCUT2D eigenvalue weighted by Gasteiger charge is 2.24. The summed E-state index contributed by atoms with van der Waals surface area (Å²) in [6.07, 6.45) is 1.31. The Balaban J connectivity index is 0.00000338. The molecule has 0 spiro atoms. The Morgan fingerprint density at radius 1 is 1.27 bits per heavy atom. The summed E-state index contributed by atoms with van der Waals surface area (Å²) in [5.41, 5.74) is 6.04. The van der Waals surface area contributed by atoms with Crippen LogP contribution >= 0.6 is 12.4 Å². The van der Waals surface area contributed by atoms with Crippen molar-refractivity contribution >= 4 is 34.0 Å². The molecule has 26 heavy (non-hydrogen) atoms. The van der Waals surface area contributed by atoms with Gasteiger partial charge >= 0.3 is 0 Å². The fourth-order valence-corrected chi connectivity index (χ4v) is 3.99. The summed E-state index contributed by atoms with van der Waals surface area (Å²) in [4.78, 5) is 12.4. The van der Waals surface area contributed by atoms with Gasteiger partial charge in [0, 0.05) is 11.2 Å². The summed E-state index contributed by atoms with van der Waals surface area (Å²) in [7, 11) is -3.71. The minimum Gasteiger partial charge on any atom is -0.467 e. The molecule has 2 rings (SSSR count). The summed E-state index contributed by atoms with van der Waals surface area (Å²) < 4.78 is 32.9. The first-order valence-electron chi connectivity index (χ1n) is 7.76. The van der Waals surface area contributed by atoms with Crippen molar-refractivity contribution in [1.29, 1.82) is 0 Å². The second-order valence-electron chi connectivity index (χ2n) is 6.74. The van der Waals surface area contributed by atoms with E-state index in [0.29, 0.717) is 22.6 Å². The fraction of sp³-hybridized carbons (Fsp3) is 0.353. The molecule has 0 aliphatic carbocycles. The second-order valence-corrected chi connectivity index (χ2v) is 8.39. The maximum Gasteiger partial charge on any atom is 0.258 e. The number of nitrogens with two attached hydrogens (primary N) is 1. The van der Waals surface area contributed by atoms with Gasteiger partial charge < -0.3 is 15.5 Å². The van der Waals surface area contributed by atoms with Crippen LogP contribution in [0.15, 0.2) is 39.8 Å². The van der Waals surface area contributed by atoms with Gasteiger partial charge in [-0.05, 0) is 51.5 Å². The molecule has 0 saturated heterocycles. The maximum absolute atomic E-state index is 12.6. The topological polar surface area (TPSA) is 114 Å². The zero-order chi connectivity index (χ0) is 18.8. The van der Waals surface area contributed by atoms with Gasteiger partial charge in [0.15, 0.2) is 0 Å². The molecule has 2 aromatic rings. The van der Waals surface area contributed by atoms with Crippen LogP contribution in [-0.4, -0.2) is 19.9 Å². The third-order valence-corrected chi connectivity index (χ3v) is 5.28. The molecule has 0 aliphatic heterocycles. The molecule has 1 heterocycles. The average molecular weight is 402 g/mol. The molecular weight excluding hydrogens is 378 g/mol. The molecular formula is C17H24ClN3O4S. The molecule has 0 unspecified atom stereocenters. The molecule has 1 aromatic heterocycles. The van der Waals surface area contributed by atoms with Gasteiger partial charge in [-0.1, -0.05) is 6.07 Å². The number of rotatable bonds is 5. The van der Waals surface area contributed by atoms with Crippen LogP contribution < -0.4 is 15.8 Å². The average Bonchev–Trinajstić information content (AvgIpc) is 2.95. The van der Waals surface area contributed by atoms with Crippen LogP contribution in [0.25, 0.3) is 0 Å². The lowest BCUT2D eigenvalue weighted by Crippen LogP contribution is -2.40. The summed E-state index contributed by atoms with van der Waals surface area (Å²) in [5.74, 6) is 0.0949. The number of amides is 1. The largest absolute Gasteiger partial charge is 0.467 e. The van der Waals surface area contributed by atoms with E-state index in [1.165, 1.54) is 12.3 Å². The van der Waals surface area contributed by atoms with Gasteiger partial charge in [0.2, 0.25) is 10.0 Å². The highest BCUT2D eigenvalue weighted by molar-refractivity contribution is 7.89. The van der Waals surface area contributed by atoms with Gasteiger partial charge in [-0.3, -0.25) is 4.79 Å². The van der Waals surface area contributed by atoms with Crippen LogP contribution in [-0.2, 0) is 16.6 Å². The monoisotopic (exact) mass is 401 g/mol. The van der Waals surface area contributed by atoms with Gasteiger partial charge in [0.1, 0.15) is 12.0 Å². The molecule has 144 valence electrons. The van der Waals surface area contributed by atoms with Crippen LogP contribution in [0.2, 0.25) is 0 Å². The first kappa shape index (κ1) is 22.2. The van der Waals surface area contributed by atoms with Gasteiger partial charge in [-0.2, -0.15) is 0 Å². The number of halogens is 1. The van der Waals surface area contributed by atoms with Gasteiger partial charge in [-0.15, -0.1) is 12.4 Å². The van der Waals surface area contributed by atoms with Crippen molar-refractivity contribution in [2.45, 2.75) is 44.7 Å². The van der Waals surface area contributed by atoms with Crippen LogP contribution in [0, 0.1) is 6.92 Å². The summed E-state index contributed by atoms with van der Waals surface area (Å²) in [6, 6.07) is 6.28. The molecule has 9 heteroatoms. The molecule has 0 fully saturated rings. The Labute approximate surface area is 159 Å². The summed E-state index contributed by atoms with van der Waals surface area (Å²) >= 11 is 0. The van der Waals surface area contributed by atoms with Crippen LogP contribution in [0.1, 0.15) is 42.5 Å². The summed E-state index contributed by atoms with van der Waals surface area (Å²) in [6.45, 7) is 7.13. The summed E-state index contributed by atoms with van der Waals surface area (Å²) in [5, 5.41) is 2.71. The zero-order valence-corrected chi connectivity index (χ0v) is 16.8. The van der Waals surface area contributed by atoms with Gasteiger partial charge in [0.05, 0.1) is 17.0 Å². The standard InChI is InChI=1S/C17H23N3O4S.ClH/c1-11-14(19-16(21)12-8-13(9-18)24-10-12)6-5-7-15(11)25(22,23)20-17(2,3)4;/h5-8,10,20H,9,18H2,1-4H3,(H,19,21);1H. The van der Waals surface area contributed by atoms with Crippen molar-refractivity contribution in [2.75, 3.05) is 5.32 Å². The minimum atomic E-state index is -3.71. The van der Waals surface area contributed by atoms with Crippen molar-refractivity contribution in [2.24, 2.45) is 5.73 Å². The SMILES string of the molecule is Cc1c(NC(=O)c2coc(CN)c2)cccc1S(=O)(=O)NC(C)(C)C.Cl. The van der Waals surface area contributed by atoms with Crippen LogP contribution in [0.5, 0.6) is 0 Å². The molecule has 1 aromatic carbocycles. The quantitative estimate of drug-likeness (QED) is 0.712.